The molecule has 0 bridgehead atoms. The van der Waals surface area contributed by atoms with Crippen LogP contribution in [0.15, 0.2) is 47.4 Å². The van der Waals surface area contributed by atoms with E-state index in [4.69, 9.17) is 11.6 Å². The van der Waals surface area contributed by atoms with Crippen molar-refractivity contribution in [3.8, 4) is 0 Å². The van der Waals surface area contributed by atoms with Crippen LogP contribution < -0.4 is 4.90 Å². The molecule has 0 unspecified atom stereocenters. The van der Waals surface area contributed by atoms with Crippen LogP contribution in [0.3, 0.4) is 0 Å². The molecule has 3 aliphatic rings. The lowest BCUT2D eigenvalue weighted by molar-refractivity contribution is -0.145. The molecule has 0 spiro atoms. The molecule has 5 rings (SSSR count). The van der Waals surface area contributed by atoms with Crippen molar-refractivity contribution >= 4 is 39.0 Å². The van der Waals surface area contributed by atoms with Crippen molar-refractivity contribution in [2.24, 2.45) is 11.8 Å². The van der Waals surface area contributed by atoms with Crippen LogP contribution in [0.25, 0.3) is 0 Å². The normalized spacial score (nSPS) is 27.5. The Morgan fingerprint density at radius 3 is 2.38 bits per heavy atom. The predicted octanol–water partition coefficient (Wildman–Crippen LogP) is 5.64. The molecule has 1 atom stereocenters. The van der Waals surface area contributed by atoms with Crippen molar-refractivity contribution in [3.05, 3.63) is 53.1 Å². The van der Waals surface area contributed by atoms with Gasteiger partial charge in [0.1, 0.15) is 4.90 Å². The monoisotopic (exact) mass is 502 g/mol. The van der Waals surface area contributed by atoms with E-state index in [1.807, 2.05) is 30.3 Å². The number of halogens is 1. The second-order valence-electron chi connectivity index (χ2n) is 9.98. The maximum Gasteiger partial charge on any atom is 0.306 e. The maximum absolute atomic E-state index is 14.0. The molecule has 2 fully saturated rings. The van der Waals surface area contributed by atoms with Gasteiger partial charge in [-0.3, -0.25) is 4.79 Å². The molecular formula is C26H31ClN2O4S. The highest BCUT2D eigenvalue weighted by atomic mass is 35.5. The number of nitrogens with zero attached hydrogens (tertiary/aromatic N) is 2. The number of benzene rings is 2. The number of hydrogen-bond acceptors (Lipinski definition) is 4. The first-order valence-corrected chi connectivity index (χ1v) is 14.0. The Kier molecular flexibility index (Phi) is 6.38. The molecule has 2 aromatic rings. The number of para-hydroxylation sites is 1. The summed E-state index contributed by atoms with van der Waals surface area (Å²) in [5, 5.41) is 9.79. The van der Waals surface area contributed by atoms with Crippen molar-refractivity contribution in [2.75, 3.05) is 18.5 Å². The minimum Gasteiger partial charge on any atom is -0.481 e. The summed E-state index contributed by atoms with van der Waals surface area (Å²) in [5.41, 5.74) is 2.27. The fourth-order valence-corrected chi connectivity index (χ4v) is 7.84. The van der Waals surface area contributed by atoms with E-state index in [-0.39, 0.29) is 16.9 Å². The highest BCUT2D eigenvalue weighted by molar-refractivity contribution is 7.89. The highest BCUT2D eigenvalue weighted by Crippen LogP contribution is 2.48. The van der Waals surface area contributed by atoms with E-state index in [1.54, 1.807) is 23.5 Å². The summed E-state index contributed by atoms with van der Waals surface area (Å²) in [4.78, 5) is 13.7. The number of carboxylic acid groups (broad SMARTS) is 1. The van der Waals surface area contributed by atoms with Gasteiger partial charge in [0.05, 0.1) is 11.6 Å². The standard InChI is InChI=1S/C26H31ClN2O4S/c1-28-24(17-8-4-2-5-9-17)16-29(20-10-6-3-7-11-20)23-15-22(27)21(14-25(23)34(28,32)33)18-12-19(13-18)26(30)31/h3,6-7,10-11,14-15,17-19,24H,2,4-5,8-9,12-13,16H2,1H3,(H,30,31)/t18?,19?,24-/m0/s1. The van der Waals surface area contributed by atoms with Gasteiger partial charge < -0.3 is 10.0 Å². The number of carboxylic acids is 1. The van der Waals surface area contributed by atoms with Gasteiger partial charge in [-0.15, -0.1) is 0 Å². The van der Waals surface area contributed by atoms with Crippen LogP contribution in [0.1, 0.15) is 56.4 Å². The fourth-order valence-electron chi connectivity index (χ4n) is 5.91. The minimum absolute atomic E-state index is 0.0398. The number of likely N-dealkylation sites (N-methyl/N-ethyl adjacent to an activating group) is 1. The van der Waals surface area contributed by atoms with Crippen LogP contribution in [0.4, 0.5) is 11.4 Å². The zero-order valence-corrected chi connectivity index (χ0v) is 20.9. The van der Waals surface area contributed by atoms with Crippen molar-refractivity contribution in [3.63, 3.8) is 0 Å². The van der Waals surface area contributed by atoms with Crippen LogP contribution in [0.2, 0.25) is 5.02 Å². The Hall–Kier alpha value is -2.09. The zero-order chi connectivity index (χ0) is 24.0. The van der Waals surface area contributed by atoms with E-state index in [0.29, 0.717) is 36.0 Å². The third-order valence-corrected chi connectivity index (χ3v) is 10.3. The molecule has 1 aliphatic heterocycles. The minimum atomic E-state index is -3.77. The van der Waals surface area contributed by atoms with Crippen LogP contribution in [-0.2, 0) is 14.8 Å². The Morgan fingerprint density at radius 1 is 1.06 bits per heavy atom. The lowest BCUT2D eigenvalue weighted by atomic mass is 9.71. The largest absolute Gasteiger partial charge is 0.481 e. The summed E-state index contributed by atoms with van der Waals surface area (Å²) in [6, 6.07) is 13.2. The van der Waals surface area contributed by atoms with E-state index < -0.39 is 21.9 Å². The average Bonchev–Trinajstić information content (AvgIpc) is 2.87. The van der Waals surface area contributed by atoms with Gasteiger partial charge in [0.25, 0.3) is 0 Å². The highest BCUT2D eigenvalue weighted by Gasteiger charge is 2.43. The SMILES string of the molecule is CN1[C@H](C2CCCCC2)CN(c2ccccc2)c2cc(Cl)c(C3CC(C(=O)O)C3)cc2S1(=O)=O. The second-order valence-corrected chi connectivity index (χ2v) is 12.4. The molecule has 6 nitrogen and oxygen atoms in total. The van der Waals surface area contributed by atoms with Gasteiger partial charge in [-0.25, -0.2) is 8.42 Å². The first kappa shape index (κ1) is 23.6. The van der Waals surface area contributed by atoms with Crippen LogP contribution in [0, 0.1) is 11.8 Å². The number of sulfonamides is 1. The van der Waals surface area contributed by atoms with Gasteiger partial charge in [-0.05, 0) is 67.3 Å². The maximum atomic E-state index is 14.0. The van der Waals surface area contributed by atoms with Gasteiger partial charge >= 0.3 is 5.97 Å². The molecule has 2 saturated carbocycles. The fraction of sp³-hybridized carbons (Fsp3) is 0.500. The molecule has 0 saturated heterocycles. The summed E-state index contributed by atoms with van der Waals surface area (Å²) in [6.45, 7) is 0.567. The van der Waals surface area contributed by atoms with Gasteiger partial charge in [-0.2, -0.15) is 4.31 Å². The van der Waals surface area contributed by atoms with E-state index >= 15 is 0 Å². The van der Waals surface area contributed by atoms with Gasteiger partial charge in [-0.1, -0.05) is 49.1 Å². The molecular weight excluding hydrogens is 472 g/mol. The summed E-state index contributed by atoms with van der Waals surface area (Å²) in [7, 11) is -2.05. The Morgan fingerprint density at radius 2 is 1.74 bits per heavy atom. The lowest BCUT2D eigenvalue weighted by Gasteiger charge is -2.36. The number of aliphatic carboxylic acids is 1. The first-order valence-electron chi connectivity index (χ1n) is 12.1. The molecule has 8 heteroatoms. The number of rotatable bonds is 4. The van der Waals surface area contributed by atoms with Crippen LogP contribution in [0.5, 0.6) is 0 Å². The molecule has 34 heavy (non-hydrogen) atoms. The molecule has 1 N–H and O–H groups in total. The molecule has 0 radical (unpaired) electrons. The number of anilines is 2. The number of hydrogen-bond donors (Lipinski definition) is 1. The molecule has 182 valence electrons. The Labute approximate surface area is 206 Å². The second kappa shape index (κ2) is 9.17. The van der Waals surface area contributed by atoms with Gasteiger partial charge in [0.2, 0.25) is 10.0 Å². The van der Waals surface area contributed by atoms with Gasteiger partial charge in [0, 0.05) is 30.3 Å². The smallest absolute Gasteiger partial charge is 0.306 e. The van der Waals surface area contributed by atoms with Crippen molar-refractivity contribution < 1.29 is 18.3 Å². The third kappa shape index (κ3) is 4.12. The Bertz CT molecular complexity index is 1170. The summed E-state index contributed by atoms with van der Waals surface area (Å²) in [5.74, 6) is -0.926. The van der Waals surface area contributed by atoms with Crippen LogP contribution >= 0.6 is 11.6 Å². The topological polar surface area (TPSA) is 77.9 Å². The number of fused-ring (bicyclic) bond motifs is 1. The van der Waals surface area contributed by atoms with Gasteiger partial charge in [0.15, 0.2) is 0 Å². The van der Waals surface area contributed by atoms with Crippen molar-refractivity contribution in [1.82, 2.24) is 4.31 Å². The average molecular weight is 503 g/mol. The lowest BCUT2D eigenvalue weighted by Crippen LogP contribution is -2.46. The van der Waals surface area contributed by atoms with Crippen molar-refractivity contribution in [1.29, 1.82) is 0 Å². The number of carbonyl (C=O) groups is 1. The van der Waals surface area contributed by atoms with E-state index in [2.05, 4.69) is 4.90 Å². The molecule has 2 aromatic carbocycles. The predicted molar refractivity (Wildman–Crippen MR) is 133 cm³/mol. The zero-order valence-electron chi connectivity index (χ0n) is 19.4. The summed E-state index contributed by atoms with van der Waals surface area (Å²) < 4.78 is 29.5. The molecule has 0 aromatic heterocycles. The third-order valence-electron chi connectivity index (χ3n) is 8.05. The Balaban J connectivity index is 1.62. The van der Waals surface area contributed by atoms with E-state index in [0.717, 1.165) is 36.9 Å². The van der Waals surface area contributed by atoms with E-state index in [1.165, 1.54) is 6.42 Å². The summed E-state index contributed by atoms with van der Waals surface area (Å²) >= 11 is 6.73. The first-order chi connectivity index (χ1) is 16.3. The molecule has 1 heterocycles. The summed E-state index contributed by atoms with van der Waals surface area (Å²) in [6.07, 6.45) is 6.52. The molecule has 2 aliphatic carbocycles. The van der Waals surface area contributed by atoms with E-state index in [9.17, 15) is 18.3 Å². The molecule has 0 amide bonds. The van der Waals surface area contributed by atoms with Crippen LogP contribution in [-0.4, -0.2) is 43.4 Å². The quantitative estimate of drug-likeness (QED) is 0.585. The van der Waals surface area contributed by atoms with Crippen molar-refractivity contribution in [2.45, 2.75) is 61.8 Å².